The summed E-state index contributed by atoms with van der Waals surface area (Å²) in [6.07, 6.45) is 4.11. The molecular weight excluding hydrogens is 234 g/mol. The van der Waals surface area contributed by atoms with Crippen molar-refractivity contribution in [3.63, 3.8) is 0 Å². The zero-order valence-corrected chi connectivity index (χ0v) is 10.5. The predicted molar refractivity (Wildman–Crippen MR) is 77.0 cm³/mol. The van der Waals surface area contributed by atoms with Crippen LogP contribution in [0.25, 0.3) is 6.08 Å². The second kappa shape index (κ2) is 5.21. The van der Waals surface area contributed by atoms with Crippen LogP contribution < -0.4 is 5.32 Å². The van der Waals surface area contributed by atoms with Crippen LogP contribution in [0.5, 0.6) is 0 Å². The molecule has 2 nitrogen and oxygen atoms in total. The van der Waals surface area contributed by atoms with Gasteiger partial charge in [-0.2, -0.15) is 0 Å². The maximum atomic E-state index is 12.1. The van der Waals surface area contributed by atoms with Gasteiger partial charge >= 0.3 is 0 Å². The fourth-order valence-corrected chi connectivity index (χ4v) is 2.12. The molecule has 1 aliphatic heterocycles. The summed E-state index contributed by atoms with van der Waals surface area (Å²) in [6, 6.07) is 19.6. The molecule has 0 radical (unpaired) electrons. The zero-order chi connectivity index (χ0) is 13.1. The number of hydrogen-bond acceptors (Lipinski definition) is 2. The summed E-state index contributed by atoms with van der Waals surface area (Å²) in [4.78, 5) is 12.1. The Morgan fingerprint density at radius 3 is 2.26 bits per heavy atom. The SMILES string of the molecule is O=C(c1ccccc1)[C@@H]1N[C@@H]1/C=C/c1ccccc1. The standard InChI is InChI=1S/C17H15NO/c19-17(14-9-5-2-6-10-14)16-15(18-16)12-11-13-7-3-1-4-8-13/h1-12,15-16,18H/b12-11+/t15-,16-/m1/s1. The highest BCUT2D eigenvalue weighted by Gasteiger charge is 2.40. The van der Waals surface area contributed by atoms with Gasteiger partial charge in [-0.05, 0) is 5.56 Å². The summed E-state index contributed by atoms with van der Waals surface area (Å²) in [5.74, 6) is 0.170. The Morgan fingerprint density at radius 2 is 1.58 bits per heavy atom. The van der Waals surface area contributed by atoms with E-state index in [0.29, 0.717) is 0 Å². The third-order valence-electron chi connectivity index (χ3n) is 3.26. The summed E-state index contributed by atoms with van der Waals surface area (Å²) < 4.78 is 0. The molecule has 2 aromatic rings. The molecule has 3 rings (SSSR count). The Morgan fingerprint density at radius 1 is 0.947 bits per heavy atom. The Bertz CT molecular complexity index is 589. The van der Waals surface area contributed by atoms with E-state index in [-0.39, 0.29) is 17.9 Å². The lowest BCUT2D eigenvalue weighted by atomic mass is 10.1. The highest BCUT2D eigenvalue weighted by atomic mass is 16.1. The number of nitrogens with one attached hydrogen (secondary N) is 1. The van der Waals surface area contributed by atoms with Crippen LogP contribution in [0.1, 0.15) is 15.9 Å². The van der Waals surface area contributed by atoms with Crippen molar-refractivity contribution in [3.8, 4) is 0 Å². The average Bonchev–Trinajstić information content (AvgIpc) is 3.26. The third-order valence-corrected chi connectivity index (χ3v) is 3.26. The van der Waals surface area contributed by atoms with Crippen molar-refractivity contribution in [2.45, 2.75) is 12.1 Å². The summed E-state index contributed by atoms with van der Waals surface area (Å²) >= 11 is 0. The van der Waals surface area contributed by atoms with Gasteiger partial charge in [0.15, 0.2) is 5.78 Å². The van der Waals surface area contributed by atoms with E-state index < -0.39 is 0 Å². The molecular formula is C17H15NO. The molecule has 0 spiro atoms. The van der Waals surface area contributed by atoms with E-state index >= 15 is 0 Å². The second-order valence-corrected chi connectivity index (χ2v) is 4.67. The first-order valence-electron chi connectivity index (χ1n) is 6.43. The number of ketones is 1. The molecule has 1 heterocycles. The average molecular weight is 249 g/mol. The van der Waals surface area contributed by atoms with Gasteiger partial charge in [-0.15, -0.1) is 0 Å². The number of carbonyl (C=O) groups is 1. The normalized spacial score (nSPS) is 21.5. The summed E-state index contributed by atoms with van der Waals surface area (Å²) in [5.41, 5.74) is 1.93. The maximum absolute atomic E-state index is 12.1. The molecule has 2 atom stereocenters. The van der Waals surface area contributed by atoms with Crippen molar-refractivity contribution in [2.75, 3.05) is 0 Å². The van der Waals surface area contributed by atoms with E-state index in [4.69, 9.17) is 0 Å². The lowest BCUT2D eigenvalue weighted by Gasteiger charge is -1.96. The van der Waals surface area contributed by atoms with Crippen molar-refractivity contribution >= 4 is 11.9 Å². The summed E-state index contributed by atoms with van der Waals surface area (Å²) in [6.45, 7) is 0. The van der Waals surface area contributed by atoms with Crippen LogP contribution in [0.3, 0.4) is 0 Å². The topological polar surface area (TPSA) is 39.0 Å². The lowest BCUT2D eigenvalue weighted by molar-refractivity contribution is 0.0989. The van der Waals surface area contributed by atoms with Crippen LogP contribution in [-0.4, -0.2) is 17.9 Å². The highest BCUT2D eigenvalue weighted by Crippen LogP contribution is 2.19. The van der Waals surface area contributed by atoms with E-state index in [9.17, 15) is 4.79 Å². The molecule has 1 N–H and O–H groups in total. The van der Waals surface area contributed by atoms with Crippen LogP contribution in [-0.2, 0) is 0 Å². The van der Waals surface area contributed by atoms with Gasteiger partial charge in [-0.1, -0.05) is 72.8 Å². The second-order valence-electron chi connectivity index (χ2n) is 4.67. The molecule has 0 aliphatic carbocycles. The van der Waals surface area contributed by atoms with E-state index in [1.165, 1.54) is 0 Å². The van der Waals surface area contributed by atoms with Crippen molar-refractivity contribution in [3.05, 3.63) is 77.9 Å². The van der Waals surface area contributed by atoms with Gasteiger partial charge in [0.1, 0.15) is 0 Å². The first-order chi connectivity index (χ1) is 9.34. The lowest BCUT2D eigenvalue weighted by Crippen LogP contribution is -2.10. The Balaban J connectivity index is 1.63. The van der Waals surface area contributed by atoms with Crippen molar-refractivity contribution < 1.29 is 4.79 Å². The minimum absolute atomic E-state index is 0.0673. The fraction of sp³-hybridized carbons (Fsp3) is 0.118. The van der Waals surface area contributed by atoms with Gasteiger partial charge < -0.3 is 0 Å². The van der Waals surface area contributed by atoms with Crippen LogP contribution in [0.15, 0.2) is 66.7 Å². The van der Waals surface area contributed by atoms with Crippen LogP contribution in [0.2, 0.25) is 0 Å². The molecule has 0 bridgehead atoms. The maximum Gasteiger partial charge on any atom is 0.181 e. The first-order valence-corrected chi connectivity index (χ1v) is 6.43. The van der Waals surface area contributed by atoms with Gasteiger partial charge in [0.2, 0.25) is 0 Å². The monoisotopic (exact) mass is 249 g/mol. The van der Waals surface area contributed by atoms with Gasteiger partial charge in [0.25, 0.3) is 0 Å². The van der Waals surface area contributed by atoms with E-state index in [1.807, 2.05) is 60.7 Å². The van der Waals surface area contributed by atoms with Crippen LogP contribution in [0, 0.1) is 0 Å². The molecule has 2 heteroatoms. The molecule has 19 heavy (non-hydrogen) atoms. The van der Waals surface area contributed by atoms with Crippen molar-refractivity contribution in [2.24, 2.45) is 0 Å². The third kappa shape index (κ3) is 2.80. The van der Waals surface area contributed by atoms with Crippen LogP contribution >= 0.6 is 0 Å². The summed E-state index contributed by atoms with van der Waals surface area (Å²) in [7, 11) is 0. The number of carbonyl (C=O) groups excluding carboxylic acids is 1. The van der Waals surface area contributed by atoms with Gasteiger partial charge in [0.05, 0.1) is 6.04 Å². The zero-order valence-electron chi connectivity index (χ0n) is 10.5. The van der Waals surface area contributed by atoms with E-state index in [1.54, 1.807) is 0 Å². The van der Waals surface area contributed by atoms with Gasteiger partial charge in [0, 0.05) is 11.6 Å². The van der Waals surface area contributed by atoms with Crippen molar-refractivity contribution in [1.29, 1.82) is 0 Å². The molecule has 1 aliphatic rings. The number of benzene rings is 2. The predicted octanol–water partition coefficient (Wildman–Crippen LogP) is 2.92. The molecule has 0 unspecified atom stereocenters. The Hall–Kier alpha value is -2.19. The van der Waals surface area contributed by atoms with E-state index in [2.05, 4.69) is 17.5 Å². The molecule has 1 saturated heterocycles. The number of Topliss-reactive ketones (excluding diaryl/α,β-unsaturated/α-hetero) is 1. The fourth-order valence-electron chi connectivity index (χ4n) is 2.12. The molecule has 94 valence electrons. The molecule has 0 amide bonds. The number of rotatable bonds is 4. The molecule has 0 saturated carbocycles. The first kappa shape index (κ1) is 11.9. The minimum atomic E-state index is -0.0673. The summed E-state index contributed by atoms with van der Waals surface area (Å²) in [5, 5.41) is 3.20. The Labute approximate surface area is 112 Å². The minimum Gasteiger partial charge on any atom is -0.297 e. The molecule has 1 fully saturated rings. The van der Waals surface area contributed by atoms with Gasteiger partial charge in [-0.25, -0.2) is 0 Å². The Kier molecular flexibility index (Phi) is 3.25. The van der Waals surface area contributed by atoms with E-state index in [0.717, 1.165) is 11.1 Å². The number of hydrogen-bond donors (Lipinski definition) is 1. The molecule has 2 aromatic carbocycles. The van der Waals surface area contributed by atoms with Crippen molar-refractivity contribution in [1.82, 2.24) is 5.32 Å². The van der Waals surface area contributed by atoms with Gasteiger partial charge in [-0.3, -0.25) is 10.1 Å². The highest BCUT2D eigenvalue weighted by molar-refractivity contribution is 6.02. The smallest absolute Gasteiger partial charge is 0.181 e. The largest absolute Gasteiger partial charge is 0.297 e. The quantitative estimate of drug-likeness (QED) is 0.668. The molecule has 0 aromatic heterocycles. The van der Waals surface area contributed by atoms with Crippen LogP contribution in [0.4, 0.5) is 0 Å².